The van der Waals surface area contributed by atoms with Gasteiger partial charge < -0.3 is 9.42 Å². The van der Waals surface area contributed by atoms with Crippen molar-refractivity contribution < 1.29 is 9.32 Å². The van der Waals surface area contributed by atoms with Crippen LogP contribution < -0.4 is 0 Å². The molecule has 1 amide bonds. The van der Waals surface area contributed by atoms with Crippen molar-refractivity contribution in [3.05, 3.63) is 23.4 Å². The van der Waals surface area contributed by atoms with Crippen molar-refractivity contribution in [3.8, 4) is 0 Å². The Hall–Kier alpha value is -1.65. The second kappa shape index (κ2) is 7.28. The van der Waals surface area contributed by atoms with Crippen LogP contribution in [-0.4, -0.2) is 27.5 Å². The minimum absolute atomic E-state index is 0.0680. The molecular weight excluding hydrogens is 290 g/mol. The van der Waals surface area contributed by atoms with Crippen LogP contribution in [-0.2, 0) is 11.2 Å². The number of hydrogen-bond donors (Lipinski definition) is 0. The highest BCUT2D eigenvalue weighted by Crippen LogP contribution is 2.30. The van der Waals surface area contributed by atoms with E-state index < -0.39 is 0 Å². The molecule has 0 bridgehead atoms. The van der Waals surface area contributed by atoms with Crippen molar-refractivity contribution in [1.29, 1.82) is 0 Å². The molecule has 0 radical (unpaired) electrons. The summed E-state index contributed by atoms with van der Waals surface area (Å²) in [5.74, 6) is 2.07. The minimum atomic E-state index is -0.0680. The van der Waals surface area contributed by atoms with E-state index in [0.29, 0.717) is 18.2 Å². The molecule has 2 aliphatic rings. The summed E-state index contributed by atoms with van der Waals surface area (Å²) in [6, 6.07) is -0.0680. The average molecular weight is 317 g/mol. The molecule has 1 fully saturated rings. The monoisotopic (exact) mass is 317 g/mol. The first-order valence-electron chi connectivity index (χ1n) is 8.93. The van der Waals surface area contributed by atoms with Gasteiger partial charge in [0.25, 0.3) is 0 Å². The number of amides is 1. The lowest BCUT2D eigenvalue weighted by Gasteiger charge is -2.33. The van der Waals surface area contributed by atoms with Crippen molar-refractivity contribution in [2.45, 2.75) is 71.3 Å². The summed E-state index contributed by atoms with van der Waals surface area (Å²) in [6.45, 7) is 5.14. The predicted molar refractivity (Wildman–Crippen MR) is 87.7 cm³/mol. The molecule has 0 N–H and O–H groups in total. The third kappa shape index (κ3) is 4.01. The number of carbonyl (C=O) groups excluding carboxylic acids is 1. The summed E-state index contributed by atoms with van der Waals surface area (Å²) in [7, 11) is 0. The summed E-state index contributed by atoms with van der Waals surface area (Å²) >= 11 is 0. The van der Waals surface area contributed by atoms with E-state index in [4.69, 9.17) is 4.52 Å². The van der Waals surface area contributed by atoms with Crippen LogP contribution in [0.1, 0.15) is 76.6 Å². The van der Waals surface area contributed by atoms with Crippen molar-refractivity contribution in [2.75, 3.05) is 6.54 Å². The number of carbonyl (C=O) groups is 1. The second-order valence-electron chi connectivity index (χ2n) is 7.17. The van der Waals surface area contributed by atoms with Gasteiger partial charge in [-0.25, -0.2) is 0 Å². The molecule has 1 aromatic heterocycles. The van der Waals surface area contributed by atoms with E-state index in [1.807, 2.05) is 4.90 Å². The van der Waals surface area contributed by atoms with Gasteiger partial charge in [0.15, 0.2) is 5.82 Å². The van der Waals surface area contributed by atoms with Gasteiger partial charge in [-0.15, -0.1) is 0 Å². The molecule has 2 heterocycles. The van der Waals surface area contributed by atoms with E-state index in [2.05, 4.69) is 30.1 Å². The number of nitrogens with zero attached hydrogens (tertiary/aromatic N) is 3. The molecule has 126 valence electrons. The molecule has 1 aliphatic heterocycles. The maximum atomic E-state index is 12.3. The topological polar surface area (TPSA) is 59.2 Å². The zero-order chi connectivity index (χ0) is 16.2. The lowest BCUT2D eigenvalue weighted by molar-refractivity contribution is -0.137. The number of rotatable bonds is 6. The smallest absolute Gasteiger partial charge is 0.249 e. The fourth-order valence-electron chi connectivity index (χ4n) is 3.54. The summed E-state index contributed by atoms with van der Waals surface area (Å²) in [5.41, 5.74) is 1.41. The minimum Gasteiger partial charge on any atom is -0.337 e. The maximum Gasteiger partial charge on any atom is 0.249 e. The SMILES string of the molecule is CC(C)CC(c1nc(CC2=CCCC2)no1)N1CCCCC1=O. The summed E-state index contributed by atoms with van der Waals surface area (Å²) in [6.07, 6.45) is 10.2. The largest absolute Gasteiger partial charge is 0.337 e. The van der Waals surface area contributed by atoms with E-state index in [9.17, 15) is 4.79 Å². The number of hydrogen-bond acceptors (Lipinski definition) is 4. The standard InChI is InChI=1S/C18H27N3O2/c1-13(2)11-15(21-10-6-5-9-17(21)22)18-19-16(20-23-18)12-14-7-3-4-8-14/h7,13,15H,3-6,8-12H2,1-2H3. The normalized spacial score (nSPS) is 20.2. The highest BCUT2D eigenvalue weighted by atomic mass is 16.5. The van der Waals surface area contributed by atoms with E-state index in [1.54, 1.807) is 0 Å². The number of aromatic nitrogens is 2. The Morgan fingerprint density at radius 1 is 1.26 bits per heavy atom. The Morgan fingerprint density at radius 2 is 2.13 bits per heavy atom. The molecular formula is C18H27N3O2. The van der Waals surface area contributed by atoms with Gasteiger partial charge in [-0.05, 0) is 44.4 Å². The van der Waals surface area contributed by atoms with Crippen LogP contribution >= 0.6 is 0 Å². The summed E-state index contributed by atoms with van der Waals surface area (Å²) in [4.78, 5) is 18.9. The summed E-state index contributed by atoms with van der Waals surface area (Å²) < 4.78 is 5.56. The van der Waals surface area contributed by atoms with Gasteiger partial charge in [0.1, 0.15) is 6.04 Å². The third-order valence-electron chi connectivity index (χ3n) is 4.72. The van der Waals surface area contributed by atoms with Crippen LogP contribution in [0.25, 0.3) is 0 Å². The first-order chi connectivity index (χ1) is 11.1. The van der Waals surface area contributed by atoms with Crippen LogP contribution in [0.15, 0.2) is 16.2 Å². The molecule has 1 unspecified atom stereocenters. The van der Waals surface area contributed by atoms with Crippen LogP contribution in [0.5, 0.6) is 0 Å². The highest BCUT2D eigenvalue weighted by Gasteiger charge is 2.31. The van der Waals surface area contributed by atoms with Crippen LogP contribution in [0.4, 0.5) is 0 Å². The molecule has 5 nitrogen and oxygen atoms in total. The van der Waals surface area contributed by atoms with Crippen molar-refractivity contribution in [2.24, 2.45) is 5.92 Å². The Bertz CT molecular complexity index is 577. The van der Waals surface area contributed by atoms with E-state index in [-0.39, 0.29) is 11.9 Å². The van der Waals surface area contributed by atoms with Gasteiger partial charge >= 0.3 is 0 Å². The Balaban J connectivity index is 1.76. The average Bonchev–Trinajstić information content (AvgIpc) is 3.18. The zero-order valence-corrected chi connectivity index (χ0v) is 14.3. The maximum absolute atomic E-state index is 12.3. The Morgan fingerprint density at radius 3 is 2.83 bits per heavy atom. The Kier molecular flexibility index (Phi) is 5.13. The molecule has 0 spiro atoms. The highest BCUT2D eigenvalue weighted by molar-refractivity contribution is 5.77. The van der Waals surface area contributed by atoms with E-state index in [1.165, 1.54) is 12.0 Å². The van der Waals surface area contributed by atoms with Gasteiger partial charge in [-0.1, -0.05) is 30.7 Å². The van der Waals surface area contributed by atoms with Crippen LogP contribution in [0.2, 0.25) is 0 Å². The first kappa shape index (κ1) is 16.2. The van der Waals surface area contributed by atoms with Gasteiger partial charge in [0.05, 0.1) is 0 Å². The van der Waals surface area contributed by atoms with E-state index in [0.717, 1.165) is 50.9 Å². The molecule has 0 saturated carbocycles. The quantitative estimate of drug-likeness (QED) is 0.748. The first-order valence-corrected chi connectivity index (χ1v) is 8.93. The molecule has 23 heavy (non-hydrogen) atoms. The molecule has 0 aromatic carbocycles. The predicted octanol–water partition coefficient (Wildman–Crippen LogP) is 3.82. The lowest BCUT2D eigenvalue weighted by Crippen LogP contribution is -2.39. The molecule has 1 atom stereocenters. The zero-order valence-electron chi connectivity index (χ0n) is 14.3. The molecule has 5 heteroatoms. The van der Waals surface area contributed by atoms with Gasteiger partial charge in [-0.2, -0.15) is 4.98 Å². The van der Waals surface area contributed by atoms with Crippen molar-refractivity contribution >= 4 is 5.91 Å². The van der Waals surface area contributed by atoms with Crippen LogP contribution in [0.3, 0.4) is 0 Å². The molecule has 1 saturated heterocycles. The fraction of sp³-hybridized carbons (Fsp3) is 0.722. The molecule has 1 aromatic rings. The van der Waals surface area contributed by atoms with Crippen LogP contribution in [0, 0.1) is 5.92 Å². The third-order valence-corrected chi connectivity index (χ3v) is 4.72. The fourth-order valence-corrected chi connectivity index (χ4v) is 3.54. The number of piperidine rings is 1. The lowest BCUT2D eigenvalue weighted by atomic mass is 9.99. The number of likely N-dealkylation sites (tertiary alicyclic amines) is 1. The van der Waals surface area contributed by atoms with Crippen molar-refractivity contribution in [3.63, 3.8) is 0 Å². The van der Waals surface area contributed by atoms with E-state index >= 15 is 0 Å². The Labute approximate surface area is 138 Å². The molecule has 1 aliphatic carbocycles. The number of allylic oxidation sites excluding steroid dienone is 2. The van der Waals surface area contributed by atoms with Gasteiger partial charge in [0, 0.05) is 19.4 Å². The molecule has 3 rings (SSSR count). The second-order valence-corrected chi connectivity index (χ2v) is 7.17. The van der Waals surface area contributed by atoms with Crippen molar-refractivity contribution in [1.82, 2.24) is 15.0 Å². The van der Waals surface area contributed by atoms with Gasteiger partial charge in [0.2, 0.25) is 11.8 Å². The van der Waals surface area contributed by atoms with Gasteiger partial charge in [-0.3, -0.25) is 4.79 Å². The summed E-state index contributed by atoms with van der Waals surface area (Å²) in [5, 5.41) is 4.16.